The fourth-order valence-electron chi connectivity index (χ4n) is 7.16. The van der Waals surface area contributed by atoms with Gasteiger partial charge in [-0.2, -0.15) is 0 Å². The Morgan fingerprint density at radius 3 is 1.10 bits per heavy atom. The van der Waals surface area contributed by atoms with Gasteiger partial charge in [0.1, 0.15) is 0 Å². The van der Waals surface area contributed by atoms with Gasteiger partial charge in [-0.05, 0) is 120 Å². The van der Waals surface area contributed by atoms with Crippen LogP contribution in [0.25, 0.3) is 44.4 Å². The van der Waals surface area contributed by atoms with Crippen LogP contribution < -0.4 is 0 Å². The monoisotopic (exact) mass is 568 g/mol. The molecule has 3 aromatic rings. The van der Waals surface area contributed by atoms with Crippen LogP contribution in [0, 0.1) is 0 Å². The van der Waals surface area contributed by atoms with Gasteiger partial charge in [0, 0.05) is 22.8 Å². The quantitative estimate of drug-likeness (QED) is 0.294. The third-order valence-electron chi connectivity index (χ3n) is 9.07. The third-order valence-corrected chi connectivity index (χ3v) is 9.44. The Morgan fingerprint density at radius 2 is 0.805 bits per heavy atom. The maximum atomic E-state index is 7.24. The SMILES string of the molecule is CCC1=C(CC)c2cc3c(CC)c(CC)c(cc4nc(cc5[nH]c(cc1n2)c(CC)c5CC)C(CC)=C4CC)n3Cl. The van der Waals surface area contributed by atoms with Crippen LogP contribution in [-0.4, -0.2) is 19.0 Å². The zero-order valence-corrected chi connectivity index (χ0v) is 26.9. The van der Waals surface area contributed by atoms with Crippen LogP contribution >= 0.6 is 11.8 Å². The summed E-state index contributed by atoms with van der Waals surface area (Å²) in [5.41, 5.74) is 19.3. The van der Waals surface area contributed by atoms with Gasteiger partial charge in [-0.1, -0.05) is 55.4 Å². The summed E-state index contributed by atoms with van der Waals surface area (Å²) in [6, 6.07) is 9.04. The molecule has 0 aliphatic carbocycles. The lowest BCUT2D eigenvalue weighted by atomic mass is 9.98. The highest BCUT2D eigenvalue weighted by Gasteiger charge is 2.22. The molecule has 5 rings (SSSR count). The Labute approximate surface area is 250 Å². The molecule has 0 spiro atoms. The summed E-state index contributed by atoms with van der Waals surface area (Å²) < 4.78 is 1.87. The minimum absolute atomic E-state index is 0.913. The van der Waals surface area contributed by atoms with Crippen molar-refractivity contribution in [3.8, 4) is 0 Å². The first kappa shape index (κ1) is 29.4. The van der Waals surface area contributed by atoms with Crippen molar-refractivity contribution in [2.45, 2.75) is 107 Å². The van der Waals surface area contributed by atoms with Gasteiger partial charge in [0.15, 0.2) is 0 Å². The van der Waals surface area contributed by atoms with Crippen LogP contribution in [0.15, 0.2) is 24.3 Å². The molecule has 4 nitrogen and oxygen atoms in total. The second-order valence-electron chi connectivity index (χ2n) is 11.0. The van der Waals surface area contributed by atoms with Crippen molar-refractivity contribution >= 4 is 56.1 Å². The molecule has 0 fully saturated rings. The number of H-pyrrole nitrogens is 1. The molecule has 8 bridgehead atoms. The number of rotatable bonds is 8. The average molecular weight is 569 g/mol. The van der Waals surface area contributed by atoms with E-state index in [0.29, 0.717) is 0 Å². The number of allylic oxidation sites excluding steroid dienone is 4. The topological polar surface area (TPSA) is 46.5 Å². The van der Waals surface area contributed by atoms with E-state index in [4.69, 9.17) is 21.7 Å². The molecule has 0 amide bonds. The first-order valence-electron chi connectivity index (χ1n) is 15.8. The second-order valence-corrected chi connectivity index (χ2v) is 11.3. The molecule has 5 heteroatoms. The summed E-state index contributed by atoms with van der Waals surface area (Å²) in [6.07, 6.45) is 7.52. The van der Waals surface area contributed by atoms with Crippen molar-refractivity contribution in [2.75, 3.05) is 0 Å². The summed E-state index contributed by atoms with van der Waals surface area (Å²) in [7, 11) is 0. The molecule has 2 aliphatic heterocycles. The van der Waals surface area contributed by atoms with Gasteiger partial charge in [0.2, 0.25) is 0 Å². The fraction of sp³-hybridized carbons (Fsp3) is 0.444. The summed E-state index contributed by atoms with van der Waals surface area (Å²) in [5, 5.41) is 0. The second kappa shape index (κ2) is 12.0. The summed E-state index contributed by atoms with van der Waals surface area (Å²) >= 11 is 7.24. The van der Waals surface area contributed by atoms with E-state index in [1.54, 1.807) is 0 Å². The van der Waals surface area contributed by atoms with E-state index in [2.05, 4.69) is 84.6 Å². The molecule has 216 valence electrons. The Balaban J connectivity index is 2.07. The molecular weight excluding hydrogens is 524 g/mol. The Hall–Kier alpha value is -3.11. The van der Waals surface area contributed by atoms with Crippen LogP contribution in [0.3, 0.4) is 0 Å². The Bertz CT molecular complexity index is 1600. The molecular formula is C36H45ClN4. The van der Waals surface area contributed by atoms with E-state index >= 15 is 0 Å². The van der Waals surface area contributed by atoms with Crippen LogP contribution in [0.2, 0.25) is 0 Å². The number of nitrogens with zero attached hydrogens (tertiary/aromatic N) is 3. The number of hydrogen-bond acceptors (Lipinski definition) is 2. The zero-order valence-electron chi connectivity index (χ0n) is 26.2. The van der Waals surface area contributed by atoms with E-state index in [9.17, 15) is 0 Å². The highest BCUT2D eigenvalue weighted by atomic mass is 35.5. The molecule has 0 radical (unpaired) electrons. The van der Waals surface area contributed by atoms with Crippen molar-refractivity contribution in [1.82, 2.24) is 19.0 Å². The van der Waals surface area contributed by atoms with Crippen LogP contribution in [0.4, 0.5) is 0 Å². The molecule has 0 unspecified atom stereocenters. The first-order chi connectivity index (χ1) is 19.9. The van der Waals surface area contributed by atoms with Gasteiger partial charge < -0.3 is 4.98 Å². The highest BCUT2D eigenvalue weighted by Crippen LogP contribution is 2.39. The predicted molar refractivity (Wildman–Crippen MR) is 178 cm³/mol. The molecule has 0 saturated heterocycles. The van der Waals surface area contributed by atoms with Crippen molar-refractivity contribution < 1.29 is 0 Å². The minimum Gasteiger partial charge on any atom is -0.355 e. The van der Waals surface area contributed by atoms with Crippen LogP contribution in [0.5, 0.6) is 0 Å². The predicted octanol–water partition coefficient (Wildman–Crippen LogP) is 10.5. The number of hydrogen-bond donors (Lipinski definition) is 1. The molecule has 0 saturated carbocycles. The van der Waals surface area contributed by atoms with E-state index in [0.717, 1.165) is 85.2 Å². The summed E-state index contributed by atoms with van der Waals surface area (Å²) in [6.45, 7) is 17.9. The van der Waals surface area contributed by atoms with Crippen molar-refractivity contribution in [3.05, 3.63) is 69.3 Å². The molecule has 0 aromatic carbocycles. The largest absolute Gasteiger partial charge is 0.355 e. The molecule has 3 aromatic heterocycles. The summed E-state index contributed by atoms with van der Waals surface area (Å²) in [5.74, 6) is 0. The smallest absolute Gasteiger partial charge is 0.0693 e. The number of aromatic amines is 1. The highest BCUT2D eigenvalue weighted by molar-refractivity contribution is 6.21. The van der Waals surface area contributed by atoms with Crippen molar-refractivity contribution in [3.63, 3.8) is 0 Å². The van der Waals surface area contributed by atoms with E-state index in [-0.39, 0.29) is 0 Å². The normalized spacial score (nSPS) is 13.6. The van der Waals surface area contributed by atoms with Crippen molar-refractivity contribution in [2.24, 2.45) is 0 Å². The number of aryl methyl sites for hydroxylation is 4. The first-order valence-corrected chi connectivity index (χ1v) is 16.1. The third kappa shape index (κ3) is 4.78. The van der Waals surface area contributed by atoms with Crippen LogP contribution in [0.1, 0.15) is 126 Å². The van der Waals surface area contributed by atoms with E-state index < -0.39 is 0 Å². The lowest BCUT2D eigenvalue weighted by Gasteiger charge is -2.03. The summed E-state index contributed by atoms with van der Waals surface area (Å²) in [4.78, 5) is 14.4. The lowest BCUT2D eigenvalue weighted by molar-refractivity contribution is 1.07. The Morgan fingerprint density at radius 1 is 0.488 bits per heavy atom. The zero-order chi connectivity index (χ0) is 29.4. The van der Waals surface area contributed by atoms with Crippen LogP contribution in [-0.2, 0) is 25.7 Å². The standard InChI is InChI=1S/C36H45ClN4/c1-9-21-22(10-2)30-18-32-24(12-4)26(14-6)34(40-32)20-36-28(16-8)27(15-7)35(41(36)37)19-33-25(13-5)23(11-3)31(39-33)17-29(21)38-30/h17-20,38H,9-16H2,1-8H3. The maximum absolute atomic E-state index is 7.24. The number of nitrogens with one attached hydrogen (secondary N) is 1. The molecule has 5 heterocycles. The molecule has 41 heavy (non-hydrogen) atoms. The molecule has 2 aliphatic rings. The molecule has 1 N–H and O–H groups in total. The van der Waals surface area contributed by atoms with Gasteiger partial charge in [-0.15, -0.1) is 0 Å². The fourth-order valence-corrected chi connectivity index (χ4v) is 7.47. The van der Waals surface area contributed by atoms with E-state index in [1.165, 1.54) is 55.6 Å². The lowest BCUT2D eigenvalue weighted by Crippen LogP contribution is -1.87. The average Bonchev–Trinajstić information content (AvgIpc) is 3.67. The Kier molecular flexibility index (Phi) is 8.61. The van der Waals surface area contributed by atoms with Gasteiger partial charge in [-0.25, -0.2) is 9.97 Å². The van der Waals surface area contributed by atoms with E-state index in [1.807, 2.05) is 4.09 Å². The number of halogens is 1. The van der Waals surface area contributed by atoms with Crippen molar-refractivity contribution in [1.29, 1.82) is 0 Å². The van der Waals surface area contributed by atoms with Gasteiger partial charge in [0.05, 0.1) is 33.8 Å². The maximum Gasteiger partial charge on any atom is 0.0693 e. The van der Waals surface area contributed by atoms with Gasteiger partial charge in [-0.3, -0.25) is 4.09 Å². The number of aromatic nitrogens is 4. The van der Waals surface area contributed by atoms with Gasteiger partial charge >= 0.3 is 0 Å². The minimum atomic E-state index is 0.913. The van der Waals surface area contributed by atoms with Gasteiger partial charge in [0.25, 0.3) is 0 Å². The molecule has 0 atom stereocenters. The number of fused-ring (bicyclic) bond motifs is 8.